The monoisotopic (exact) mass is 296 g/mol. The van der Waals surface area contributed by atoms with Gasteiger partial charge in [0.05, 0.1) is 10.6 Å². The Morgan fingerprint density at radius 3 is 3.06 bits per heavy atom. The highest BCUT2D eigenvalue weighted by Crippen LogP contribution is 2.26. The lowest BCUT2D eigenvalue weighted by molar-refractivity contribution is 0.0327. The number of ether oxygens (including phenoxy) is 1. The van der Waals surface area contributed by atoms with Gasteiger partial charge in [-0.05, 0) is 40.9 Å². The van der Waals surface area contributed by atoms with Gasteiger partial charge in [-0.1, -0.05) is 0 Å². The molecule has 1 aliphatic rings. The molecule has 1 saturated carbocycles. The van der Waals surface area contributed by atoms with E-state index in [1.54, 1.807) is 11.6 Å². The number of halogens is 1. The standard InChI is InChI=1S/C11H13BrN4O/c1-17-8-5-7(6-8)13-11-14-10-9(12)3-2-4-16(10)15-11/h2-4,7-8H,5-6H2,1H3,(H,13,15). The topological polar surface area (TPSA) is 51.5 Å². The lowest BCUT2D eigenvalue weighted by atomic mass is 9.89. The second-order valence-corrected chi connectivity index (χ2v) is 5.08. The molecule has 0 aromatic carbocycles. The number of hydrogen-bond donors (Lipinski definition) is 1. The predicted octanol–water partition coefficient (Wildman–Crippen LogP) is 2.08. The Bertz CT molecular complexity index is 535. The van der Waals surface area contributed by atoms with E-state index in [0.29, 0.717) is 18.1 Å². The summed E-state index contributed by atoms with van der Waals surface area (Å²) in [6, 6.07) is 4.31. The van der Waals surface area contributed by atoms with Crippen molar-refractivity contribution in [3.8, 4) is 0 Å². The molecule has 6 heteroatoms. The first-order valence-electron chi connectivity index (χ1n) is 5.56. The van der Waals surface area contributed by atoms with Crippen LogP contribution in [0.15, 0.2) is 22.8 Å². The van der Waals surface area contributed by atoms with Crippen molar-refractivity contribution in [2.75, 3.05) is 12.4 Å². The molecule has 17 heavy (non-hydrogen) atoms. The molecule has 1 aliphatic carbocycles. The molecule has 0 amide bonds. The lowest BCUT2D eigenvalue weighted by Crippen LogP contribution is -2.40. The van der Waals surface area contributed by atoms with Crippen LogP contribution in [-0.2, 0) is 4.74 Å². The van der Waals surface area contributed by atoms with Gasteiger partial charge in [0.2, 0.25) is 5.95 Å². The molecule has 0 aliphatic heterocycles. The Morgan fingerprint density at radius 1 is 1.53 bits per heavy atom. The third kappa shape index (κ3) is 2.02. The van der Waals surface area contributed by atoms with Crippen LogP contribution in [0.2, 0.25) is 0 Å². The van der Waals surface area contributed by atoms with Crippen molar-refractivity contribution in [1.82, 2.24) is 14.6 Å². The number of nitrogens with zero attached hydrogens (tertiary/aromatic N) is 3. The highest BCUT2D eigenvalue weighted by molar-refractivity contribution is 9.10. The average molecular weight is 297 g/mol. The minimum absolute atomic E-state index is 0.385. The van der Waals surface area contributed by atoms with Crippen molar-refractivity contribution in [2.45, 2.75) is 25.0 Å². The molecule has 0 atom stereocenters. The van der Waals surface area contributed by atoms with Gasteiger partial charge in [-0.3, -0.25) is 0 Å². The van der Waals surface area contributed by atoms with Crippen LogP contribution in [0.1, 0.15) is 12.8 Å². The lowest BCUT2D eigenvalue weighted by Gasteiger charge is -2.34. The molecule has 0 spiro atoms. The van der Waals surface area contributed by atoms with E-state index in [2.05, 4.69) is 31.3 Å². The Morgan fingerprint density at radius 2 is 2.35 bits per heavy atom. The van der Waals surface area contributed by atoms with Crippen molar-refractivity contribution in [2.24, 2.45) is 0 Å². The molecule has 90 valence electrons. The number of anilines is 1. The summed E-state index contributed by atoms with van der Waals surface area (Å²) in [7, 11) is 1.75. The van der Waals surface area contributed by atoms with Gasteiger partial charge in [-0.25, -0.2) is 4.52 Å². The second kappa shape index (κ2) is 4.27. The van der Waals surface area contributed by atoms with Gasteiger partial charge in [-0.2, -0.15) is 4.98 Å². The van der Waals surface area contributed by atoms with E-state index in [9.17, 15) is 0 Å². The summed E-state index contributed by atoms with van der Waals surface area (Å²) >= 11 is 3.46. The van der Waals surface area contributed by atoms with E-state index in [0.717, 1.165) is 23.0 Å². The summed E-state index contributed by atoms with van der Waals surface area (Å²) in [5.41, 5.74) is 0.831. The van der Waals surface area contributed by atoms with Gasteiger partial charge in [0.25, 0.3) is 0 Å². The van der Waals surface area contributed by atoms with Crippen molar-refractivity contribution in [1.29, 1.82) is 0 Å². The van der Waals surface area contributed by atoms with Crippen molar-refractivity contribution >= 4 is 27.5 Å². The summed E-state index contributed by atoms with van der Waals surface area (Å²) in [5, 5.41) is 7.69. The first-order chi connectivity index (χ1) is 8.26. The largest absolute Gasteiger partial charge is 0.381 e. The molecule has 2 aromatic heterocycles. The van der Waals surface area contributed by atoms with Crippen molar-refractivity contribution < 1.29 is 4.74 Å². The van der Waals surface area contributed by atoms with E-state index in [1.165, 1.54) is 0 Å². The summed E-state index contributed by atoms with van der Waals surface area (Å²) in [6.45, 7) is 0. The smallest absolute Gasteiger partial charge is 0.243 e. The van der Waals surface area contributed by atoms with Gasteiger partial charge in [0.15, 0.2) is 5.65 Å². The van der Waals surface area contributed by atoms with E-state index < -0.39 is 0 Å². The van der Waals surface area contributed by atoms with Gasteiger partial charge in [0.1, 0.15) is 0 Å². The van der Waals surface area contributed by atoms with Crippen LogP contribution in [0.25, 0.3) is 5.65 Å². The third-order valence-electron chi connectivity index (χ3n) is 3.08. The molecule has 0 bridgehead atoms. The molecule has 1 fully saturated rings. The van der Waals surface area contributed by atoms with E-state index >= 15 is 0 Å². The second-order valence-electron chi connectivity index (χ2n) is 4.23. The number of hydrogen-bond acceptors (Lipinski definition) is 4. The number of pyridine rings is 1. The third-order valence-corrected chi connectivity index (χ3v) is 3.70. The maximum atomic E-state index is 5.24. The fourth-order valence-corrected chi connectivity index (χ4v) is 2.42. The molecule has 3 rings (SSSR count). The van der Waals surface area contributed by atoms with Crippen LogP contribution in [0.4, 0.5) is 5.95 Å². The molecule has 0 radical (unpaired) electrons. The number of nitrogens with one attached hydrogen (secondary N) is 1. The normalized spacial score (nSPS) is 23.6. The number of fused-ring (bicyclic) bond motifs is 1. The Balaban J connectivity index is 1.76. The SMILES string of the molecule is COC1CC(Nc2nc3c(Br)cccn3n2)C1. The highest BCUT2D eigenvalue weighted by Gasteiger charge is 2.29. The molecular weight excluding hydrogens is 284 g/mol. The van der Waals surface area contributed by atoms with Gasteiger partial charge in [-0.15, -0.1) is 5.10 Å². The van der Waals surface area contributed by atoms with Crippen LogP contribution < -0.4 is 5.32 Å². The summed E-state index contributed by atoms with van der Waals surface area (Å²) in [5.74, 6) is 0.677. The molecule has 2 aromatic rings. The molecule has 2 heterocycles. The summed E-state index contributed by atoms with van der Waals surface area (Å²) < 4.78 is 7.95. The van der Waals surface area contributed by atoms with E-state index in [-0.39, 0.29) is 0 Å². The van der Waals surface area contributed by atoms with Crippen molar-refractivity contribution in [3.05, 3.63) is 22.8 Å². The van der Waals surface area contributed by atoms with E-state index in [4.69, 9.17) is 4.74 Å². The molecule has 1 N–H and O–H groups in total. The molecular formula is C11H13BrN4O. The quantitative estimate of drug-likeness (QED) is 0.942. The maximum absolute atomic E-state index is 5.24. The molecule has 0 saturated heterocycles. The maximum Gasteiger partial charge on any atom is 0.243 e. The van der Waals surface area contributed by atoms with Gasteiger partial charge < -0.3 is 10.1 Å². The number of rotatable bonds is 3. The van der Waals surface area contributed by atoms with Crippen LogP contribution in [0.5, 0.6) is 0 Å². The minimum atomic E-state index is 0.385. The number of methoxy groups -OCH3 is 1. The fraction of sp³-hybridized carbons (Fsp3) is 0.455. The molecule has 5 nitrogen and oxygen atoms in total. The Labute approximate surface area is 107 Å². The first-order valence-corrected chi connectivity index (χ1v) is 6.36. The zero-order valence-electron chi connectivity index (χ0n) is 9.43. The van der Waals surface area contributed by atoms with Crippen LogP contribution in [-0.4, -0.2) is 33.9 Å². The highest BCUT2D eigenvalue weighted by atomic mass is 79.9. The van der Waals surface area contributed by atoms with E-state index in [1.807, 2.05) is 18.3 Å². The zero-order chi connectivity index (χ0) is 11.8. The van der Waals surface area contributed by atoms with Crippen LogP contribution in [0, 0.1) is 0 Å². The first kappa shape index (κ1) is 11.0. The zero-order valence-corrected chi connectivity index (χ0v) is 11.0. The number of aromatic nitrogens is 3. The van der Waals surface area contributed by atoms with Gasteiger partial charge >= 0.3 is 0 Å². The average Bonchev–Trinajstić information content (AvgIpc) is 2.67. The predicted molar refractivity (Wildman–Crippen MR) is 68.1 cm³/mol. The van der Waals surface area contributed by atoms with Crippen LogP contribution >= 0.6 is 15.9 Å². The summed E-state index contributed by atoms with van der Waals surface area (Å²) in [4.78, 5) is 4.44. The summed E-state index contributed by atoms with van der Waals surface area (Å²) in [6.07, 6.45) is 4.31. The Kier molecular flexibility index (Phi) is 2.76. The Hall–Kier alpha value is -1.14. The minimum Gasteiger partial charge on any atom is -0.381 e. The van der Waals surface area contributed by atoms with Gasteiger partial charge in [0, 0.05) is 19.3 Å². The molecule has 0 unspecified atom stereocenters. The van der Waals surface area contributed by atoms with Crippen molar-refractivity contribution in [3.63, 3.8) is 0 Å². The fourth-order valence-electron chi connectivity index (χ4n) is 1.99. The van der Waals surface area contributed by atoms with Crippen LogP contribution in [0.3, 0.4) is 0 Å².